The molecule has 0 aliphatic rings. The summed E-state index contributed by atoms with van der Waals surface area (Å²) in [6.45, 7) is 0.357. The molecule has 0 bridgehead atoms. The smallest absolute Gasteiger partial charge is 0.407 e. The van der Waals surface area contributed by atoms with Crippen molar-refractivity contribution in [3.8, 4) is 23.0 Å². The van der Waals surface area contributed by atoms with E-state index >= 15 is 0 Å². The van der Waals surface area contributed by atoms with E-state index in [1.807, 2.05) is 66.7 Å². The van der Waals surface area contributed by atoms with Crippen molar-refractivity contribution in [1.29, 1.82) is 0 Å². The summed E-state index contributed by atoms with van der Waals surface area (Å²) >= 11 is 0. The maximum atomic E-state index is 13.0. The summed E-state index contributed by atoms with van der Waals surface area (Å²) in [6, 6.07) is 20.1. The van der Waals surface area contributed by atoms with Crippen LogP contribution in [0, 0.1) is 0 Å². The Morgan fingerprint density at radius 1 is 0.806 bits per heavy atom. The van der Waals surface area contributed by atoms with Gasteiger partial charge in [0.05, 0.1) is 21.3 Å². The second kappa shape index (κ2) is 12.3. The number of rotatable bonds is 9. The summed E-state index contributed by atoms with van der Waals surface area (Å²) in [5, 5.41) is 2.63. The molecule has 1 N–H and O–H groups in total. The Hall–Kier alpha value is -4.46. The third kappa shape index (κ3) is 7.02. The van der Waals surface area contributed by atoms with E-state index < -0.39 is 6.09 Å². The quantitative estimate of drug-likeness (QED) is 0.336. The summed E-state index contributed by atoms with van der Waals surface area (Å²) in [4.78, 5) is 25.8. The number of nitrogens with zero attached hydrogens (tertiary/aromatic N) is 1. The molecule has 3 rings (SSSR count). The molecule has 0 aliphatic carbocycles. The van der Waals surface area contributed by atoms with E-state index in [-0.39, 0.29) is 5.91 Å². The molecule has 0 saturated carbocycles. The fourth-order valence-corrected chi connectivity index (χ4v) is 3.35. The van der Waals surface area contributed by atoms with E-state index in [1.54, 1.807) is 34.4 Å². The molecule has 3 aromatic carbocycles. The van der Waals surface area contributed by atoms with Crippen molar-refractivity contribution in [2.75, 3.05) is 35.4 Å². The molecular formula is C28H30N2O6. The van der Waals surface area contributed by atoms with Crippen LogP contribution in [0.3, 0.4) is 0 Å². The molecule has 8 heteroatoms. The van der Waals surface area contributed by atoms with E-state index in [2.05, 4.69) is 10.1 Å². The van der Waals surface area contributed by atoms with Crippen LogP contribution >= 0.6 is 0 Å². The predicted octanol–water partition coefficient (Wildman–Crippen LogP) is 4.98. The van der Waals surface area contributed by atoms with Crippen molar-refractivity contribution in [2.45, 2.75) is 6.54 Å². The second-order valence-electron chi connectivity index (χ2n) is 8.02. The third-order valence-electron chi connectivity index (χ3n) is 5.27. The van der Waals surface area contributed by atoms with Gasteiger partial charge in [-0.15, -0.1) is 0 Å². The summed E-state index contributed by atoms with van der Waals surface area (Å²) in [5.41, 5.74) is 2.95. The predicted molar refractivity (Wildman–Crippen MR) is 138 cm³/mol. The van der Waals surface area contributed by atoms with Gasteiger partial charge in [0, 0.05) is 32.3 Å². The summed E-state index contributed by atoms with van der Waals surface area (Å²) in [7, 11) is 7.91. The van der Waals surface area contributed by atoms with E-state index in [0.29, 0.717) is 35.1 Å². The van der Waals surface area contributed by atoms with Crippen LogP contribution in [0.2, 0.25) is 0 Å². The van der Waals surface area contributed by atoms with Crippen molar-refractivity contribution >= 4 is 23.6 Å². The normalized spacial score (nSPS) is 10.9. The minimum atomic E-state index is -0.484. The molecule has 2 amide bonds. The van der Waals surface area contributed by atoms with Gasteiger partial charge >= 0.3 is 6.09 Å². The lowest BCUT2D eigenvalue weighted by Gasteiger charge is -2.15. The highest BCUT2D eigenvalue weighted by atomic mass is 16.5. The van der Waals surface area contributed by atoms with Gasteiger partial charge in [0.25, 0.3) is 5.91 Å². The van der Waals surface area contributed by atoms with Crippen LogP contribution in [0.4, 0.5) is 4.79 Å². The highest BCUT2D eigenvalue weighted by Gasteiger charge is 2.15. The van der Waals surface area contributed by atoms with Gasteiger partial charge < -0.3 is 29.2 Å². The molecule has 0 heterocycles. The van der Waals surface area contributed by atoms with Crippen LogP contribution in [0.15, 0.2) is 66.7 Å². The van der Waals surface area contributed by atoms with Crippen molar-refractivity contribution in [3.63, 3.8) is 0 Å². The Kier molecular flexibility index (Phi) is 8.94. The van der Waals surface area contributed by atoms with Gasteiger partial charge in [-0.3, -0.25) is 4.79 Å². The second-order valence-corrected chi connectivity index (χ2v) is 8.02. The fourth-order valence-electron chi connectivity index (χ4n) is 3.35. The lowest BCUT2D eigenvalue weighted by Crippen LogP contribution is -2.22. The van der Waals surface area contributed by atoms with Gasteiger partial charge in [-0.2, -0.15) is 0 Å². The monoisotopic (exact) mass is 490 g/mol. The lowest BCUT2D eigenvalue weighted by atomic mass is 10.0. The van der Waals surface area contributed by atoms with Gasteiger partial charge in [-0.25, -0.2) is 4.79 Å². The average Bonchev–Trinajstić information content (AvgIpc) is 2.90. The zero-order chi connectivity index (χ0) is 26.1. The summed E-state index contributed by atoms with van der Waals surface area (Å²) in [6.07, 6.45) is 1.33. The molecule has 0 atom stereocenters. The first-order valence-electron chi connectivity index (χ1n) is 11.2. The number of carbonyl (C=O) groups is 2. The third-order valence-corrected chi connectivity index (χ3v) is 5.27. The molecule has 0 aromatic heterocycles. The first-order chi connectivity index (χ1) is 17.3. The number of amides is 2. The first-order valence-corrected chi connectivity index (χ1v) is 11.2. The molecule has 0 radical (unpaired) electrons. The standard InChI is InChI=1S/C28H30N2O6/c1-30(2)27(31)26(16-20-14-24(33-3)17-25(15-20)34-4)21-8-12-23(13-9-21)36-22-10-6-19(7-11-22)18-29-28(32)35-5/h6-17H,18H2,1-5H3,(H,29,32)/b26-16+. The minimum absolute atomic E-state index is 0.137. The van der Waals surface area contributed by atoms with Crippen molar-refractivity contribution in [2.24, 2.45) is 0 Å². The summed E-state index contributed by atoms with van der Waals surface area (Å²) in [5.74, 6) is 2.40. The van der Waals surface area contributed by atoms with Crippen LogP contribution in [0.1, 0.15) is 16.7 Å². The maximum Gasteiger partial charge on any atom is 0.407 e. The Labute approximate surface area is 211 Å². The molecule has 0 fully saturated rings. The number of carbonyl (C=O) groups excluding carboxylic acids is 2. The van der Waals surface area contributed by atoms with Crippen molar-refractivity contribution in [3.05, 3.63) is 83.4 Å². The zero-order valence-corrected chi connectivity index (χ0v) is 21.0. The number of methoxy groups -OCH3 is 3. The zero-order valence-electron chi connectivity index (χ0n) is 21.0. The SMILES string of the molecule is COC(=O)NCc1ccc(Oc2ccc(/C(=C\c3cc(OC)cc(OC)c3)C(=O)N(C)C)cc2)cc1. The molecule has 188 valence electrons. The number of ether oxygens (including phenoxy) is 4. The van der Waals surface area contributed by atoms with Gasteiger partial charge in [0.2, 0.25) is 0 Å². The lowest BCUT2D eigenvalue weighted by molar-refractivity contribution is -0.122. The van der Waals surface area contributed by atoms with Gasteiger partial charge in [0.15, 0.2) is 0 Å². The van der Waals surface area contributed by atoms with Crippen LogP contribution < -0.4 is 19.5 Å². The van der Waals surface area contributed by atoms with E-state index in [4.69, 9.17) is 14.2 Å². The number of hydrogen-bond acceptors (Lipinski definition) is 6. The minimum Gasteiger partial charge on any atom is -0.497 e. The Morgan fingerprint density at radius 3 is 1.86 bits per heavy atom. The van der Waals surface area contributed by atoms with Gasteiger partial charge in [-0.05, 0) is 59.2 Å². The largest absolute Gasteiger partial charge is 0.497 e. The van der Waals surface area contributed by atoms with Crippen LogP contribution in [-0.2, 0) is 16.1 Å². The van der Waals surface area contributed by atoms with E-state index in [1.165, 1.54) is 12.0 Å². The van der Waals surface area contributed by atoms with Crippen molar-refractivity contribution in [1.82, 2.24) is 10.2 Å². The Morgan fingerprint density at radius 2 is 1.36 bits per heavy atom. The molecule has 0 spiro atoms. The molecule has 3 aromatic rings. The maximum absolute atomic E-state index is 13.0. The molecule has 0 aliphatic heterocycles. The number of benzene rings is 3. The number of likely N-dealkylation sites (N-methyl/N-ethyl adjacent to an activating group) is 1. The average molecular weight is 491 g/mol. The number of nitrogens with one attached hydrogen (secondary N) is 1. The number of hydrogen-bond donors (Lipinski definition) is 1. The molecule has 0 saturated heterocycles. The van der Waals surface area contributed by atoms with E-state index in [9.17, 15) is 9.59 Å². The van der Waals surface area contributed by atoms with Crippen LogP contribution in [0.5, 0.6) is 23.0 Å². The highest BCUT2D eigenvalue weighted by molar-refractivity contribution is 6.24. The van der Waals surface area contributed by atoms with Crippen molar-refractivity contribution < 1.29 is 28.5 Å². The molecule has 8 nitrogen and oxygen atoms in total. The molecule has 36 heavy (non-hydrogen) atoms. The highest BCUT2D eigenvalue weighted by Crippen LogP contribution is 2.29. The first kappa shape index (κ1) is 26.2. The summed E-state index contributed by atoms with van der Waals surface area (Å²) < 4.78 is 21.2. The fraction of sp³-hybridized carbons (Fsp3) is 0.214. The van der Waals surface area contributed by atoms with Crippen LogP contribution in [-0.4, -0.2) is 52.3 Å². The molecular weight excluding hydrogens is 460 g/mol. The topological polar surface area (TPSA) is 86.3 Å². The van der Waals surface area contributed by atoms with E-state index in [0.717, 1.165) is 16.7 Å². The molecule has 0 unspecified atom stereocenters. The van der Waals surface area contributed by atoms with Gasteiger partial charge in [-0.1, -0.05) is 24.3 Å². The van der Waals surface area contributed by atoms with Gasteiger partial charge in [0.1, 0.15) is 23.0 Å². The number of alkyl carbamates (subject to hydrolysis) is 1. The van der Waals surface area contributed by atoms with Crippen LogP contribution in [0.25, 0.3) is 11.6 Å². The Bertz CT molecular complexity index is 1200. The Balaban J connectivity index is 1.81.